The van der Waals surface area contributed by atoms with E-state index in [9.17, 15) is 5.26 Å². The fraction of sp³-hybridized carbons (Fsp3) is 0.235. The minimum absolute atomic E-state index is 0.480. The zero-order chi connectivity index (χ0) is 15.4. The first-order valence-corrected chi connectivity index (χ1v) is 7.45. The molecule has 0 amide bonds. The number of nitriles is 1. The Bertz CT molecular complexity index is 724. The van der Waals surface area contributed by atoms with Gasteiger partial charge in [0, 0.05) is 29.7 Å². The molecule has 0 saturated carbocycles. The SMILES string of the molecule is N#CC(=Cc1ccc(N2CCOCC2)o1)c1ccccc1Cl. The van der Waals surface area contributed by atoms with Crippen molar-refractivity contribution in [3.05, 3.63) is 52.7 Å². The number of nitrogens with zero attached hydrogens (tertiary/aromatic N) is 2. The van der Waals surface area contributed by atoms with E-state index in [0.717, 1.165) is 19.0 Å². The summed E-state index contributed by atoms with van der Waals surface area (Å²) in [6.45, 7) is 3.03. The van der Waals surface area contributed by atoms with Crippen LogP contribution in [-0.4, -0.2) is 26.3 Å². The smallest absolute Gasteiger partial charge is 0.196 e. The van der Waals surface area contributed by atoms with E-state index in [1.165, 1.54) is 0 Å². The summed E-state index contributed by atoms with van der Waals surface area (Å²) in [5, 5.41) is 9.93. The van der Waals surface area contributed by atoms with Gasteiger partial charge >= 0.3 is 0 Å². The first-order valence-electron chi connectivity index (χ1n) is 7.07. The zero-order valence-electron chi connectivity index (χ0n) is 12.0. The molecule has 0 N–H and O–H groups in total. The number of hydrogen-bond donors (Lipinski definition) is 0. The molecule has 5 heteroatoms. The summed E-state index contributed by atoms with van der Waals surface area (Å²) in [6.07, 6.45) is 1.71. The molecule has 1 aliphatic heterocycles. The topological polar surface area (TPSA) is 49.4 Å². The molecule has 2 aromatic rings. The van der Waals surface area contributed by atoms with Crippen LogP contribution in [0.2, 0.25) is 5.02 Å². The van der Waals surface area contributed by atoms with Crippen molar-refractivity contribution < 1.29 is 9.15 Å². The Morgan fingerprint density at radius 2 is 1.95 bits per heavy atom. The normalized spacial score (nSPS) is 15.6. The second kappa shape index (κ2) is 6.69. The molecule has 1 aromatic heterocycles. The van der Waals surface area contributed by atoms with Crippen molar-refractivity contribution in [2.24, 2.45) is 0 Å². The molecule has 0 spiro atoms. The van der Waals surface area contributed by atoms with Crippen molar-refractivity contribution in [3.8, 4) is 6.07 Å². The van der Waals surface area contributed by atoms with Gasteiger partial charge in [-0.1, -0.05) is 29.8 Å². The van der Waals surface area contributed by atoms with Gasteiger partial charge in [0.05, 0.1) is 24.9 Å². The van der Waals surface area contributed by atoms with Gasteiger partial charge in [-0.3, -0.25) is 0 Å². The first-order chi connectivity index (χ1) is 10.8. The number of benzene rings is 1. The van der Waals surface area contributed by atoms with Crippen molar-refractivity contribution in [2.75, 3.05) is 31.2 Å². The van der Waals surface area contributed by atoms with E-state index in [0.29, 0.717) is 35.1 Å². The molecular weight excluding hydrogens is 300 g/mol. The lowest BCUT2D eigenvalue weighted by atomic mass is 10.1. The average Bonchev–Trinajstić information content (AvgIpc) is 3.03. The van der Waals surface area contributed by atoms with Crippen molar-refractivity contribution in [2.45, 2.75) is 0 Å². The molecular formula is C17H15ClN2O2. The Morgan fingerprint density at radius 3 is 2.68 bits per heavy atom. The maximum atomic E-state index is 9.38. The molecule has 4 nitrogen and oxygen atoms in total. The number of hydrogen-bond acceptors (Lipinski definition) is 4. The Kier molecular flexibility index (Phi) is 4.47. The maximum absolute atomic E-state index is 9.38. The molecule has 3 rings (SSSR count). The molecule has 112 valence electrons. The number of ether oxygens (including phenoxy) is 1. The van der Waals surface area contributed by atoms with Gasteiger partial charge < -0.3 is 14.1 Å². The van der Waals surface area contributed by atoms with Crippen LogP contribution in [0.25, 0.3) is 11.6 Å². The van der Waals surface area contributed by atoms with E-state index < -0.39 is 0 Å². The fourth-order valence-electron chi connectivity index (χ4n) is 2.37. The van der Waals surface area contributed by atoms with Crippen LogP contribution in [-0.2, 0) is 4.74 Å². The number of morpholine rings is 1. The van der Waals surface area contributed by atoms with Gasteiger partial charge in [-0.2, -0.15) is 5.26 Å². The minimum Gasteiger partial charge on any atom is -0.441 e. The van der Waals surface area contributed by atoms with Crippen molar-refractivity contribution in [1.29, 1.82) is 5.26 Å². The molecule has 2 heterocycles. The van der Waals surface area contributed by atoms with E-state index >= 15 is 0 Å². The van der Waals surface area contributed by atoms with E-state index in [1.807, 2.05) is 30.3 Å². The number of halogens is 1. The van der Waals surface area contributed by atoms with Crippen LogP contribution < -0.4 is 4.90 Å². The first kappa shape index (κ1) is 14.7. The molecule has 0 aliphatic carbocycles. The largest absolute Gasteiger partial charge is 0.441 e. The Balaban J connectivity index is 1.86. The Labute approximate surface area is 134 Å². The second-order valence-electron chi connectivity index (χ2n) is 4.93. The van der Waals surface area contributed by atoms with Gasteiger partial charge in [-0.25, -0.2) is 0 Å². The predicted octanol–water partition coefficient (Wildman–Crippen LogP) is 3.83. The van der Waals surface area contributed by atoms with E-state index in [-0.39, 0.29) is 0 Å². The lowest BCUT2D eigenvalue weighted by Gasteiger charge is -2.26. The number of anilines is 1. The Morgan fingerprint density at radius 1 is 1.18 bits per heavy atom. The van der Waals surface area contributed by atoms with Crippen LogP contribution in [0, 0.1) is 11.3 Å². The molecule has 1 aliphatic rings. The molecule has 1 fully saturated rings. The molecule has 0 atom stereocenters. The summed E-state index contributed by atoms with van der Waals surface area (Å²) < 4.78 is 11.1. The van der Waals surface area contributed by atoms with E-state index in [4.69, 9.17) is 20.8 Å². The fourth-order valence-corrected chi connectivity index (χ4v) is 2.60. The maximum Gasteiger partial charge on any atom is 0.196 e. The zero-order valence-corrected chi connectivity index (χ0v) is 12.7. The van der Waals surface area contributed by atoms with Crippen LogP contribution >= 0.6 is 11.6 Å². The van der Waals surface area contributed by atoms with Gasteiger partial charge in [0.15, 0.2) is 5.88 Å². The van der Waals surface area contributed by atoms with Crippen LogP contribution in [0.15, 0.2) is 40.8 Å². The molecule has 0 bridgehead atoms. The number of rotatable bonds is 3. The van der Waals surface area contributed by atoms with Crippen LogP contribution in [0.3, 0.4) is 0 Å². The summed E-state index contributed by atoms with van der Waals surface area (Å²) in [5.74, 6) is 1.43. The predicted molar refractivity (Wildman–Crippen MR) is 86.7 cm³/mol. The highest BCUT2D eigenvalue weighted by Crippen LogP contribution is 2.27. The molecule has 0 unspecified atom stereocenters. The van der Waals surface area contributed by atoms with E-state index in [2.05, 4.69) is 11.0 Å². The molecule has 0 radical (unpaired) electrons. The van der Waals surface area contributed by atoms with Crippen molar-refractivity contribution in [3.63, 3.8) is 0 Å². The highest BCUT2D eigenvalue weighted by Gasteiger charge is 2.14. The van der Waals surface area contributed by atoms with Crippen molar-refractivity contribution >= 4 is 29.1 Å². The number of furan rings is 1. The van der Waals surface area contributed by atoms with Gasteiger partial charge in [-0.15, -0.1) is 0 Å². The third-order valence-corrected chi connectivity index (χ3v) is 3.84. The highest BCUT2D eigenvalue weighted by atomic mass is 35.5. The summed E-state index contributed by atoms with van der Waals surface area (Å²) in [5.41, 5.74) is 1.18. The highest BCUT2D eigenvalue weighted by molar-refractivity contribution is 6.32. The third-order valence-electron chi connectivity index (χ3n) is 3.51. The van der Waals surface area contributed by atoms with Crippen LogP contribution in [0.1, 0.15) is 11.3 Å². The minimum atomic E-state index is 0.480. The summed E-state index contributed by atoms with van der Waals surface area (Å²) in [4.78, 5) is 2.13. The quantitative estimate of drug-likeness (QED) is 0.808. The van der Waals surface area contributed by atoms with E-state index in [1.54, 1.807) is 12.1 Å². The van der Waals surface area contributed by atoms with Crippen LogP contribution in [0.5, 0.6) is 0 Å². The monoisotopic (exact) mass is 314 g/mol. The van der Waals surface area contributed by atoms with Gasteiger partial charge in [-0.05, 0) is 18.2 Å². The number of allylic oxidation sites excluding steroid dienone is 1. The van der Waals surface area contributed by atoms with Gasteiger partial charge in [0.25, 0.3) is 0 Å². The summed E-state index contributed by atoms with van der Waals surface area (Å²) in [7, 11) is 0. The van der Waals surface area contributed by atoms with Gasteiger partial charge in [0.2, 0.25) is 0 Å². The standard InChI is InChI=1S/C17H15ClN2O2/c18-16-4-2-1-3-15(16)13(12-19)11-14-5-6-17(22-14)20-7-9-21-10-8-20/h1-6,11H,7-10H2. The van der Waals surface area contributed by atoms with Gasteiger partial charge in [0.1, 0.15) is 5.76 Å². The summed E-state index contributed by atoms with van der Waals surface area (Å²) in [6, 6.07) is 13.2. The summed E-state index contributed by atoms with van der Waals surface area (Å²) >= 11 is 6.15. The second-order valence-corrected chi connectivity index (χ2v) is 5.33. The Hall–Kier alpha value is -2.22. The lowest BCUT2D eigenvalue weighted by Crippen LogP contribution is -2.35. The molecule has 1 saturated heterocycles. The van der Waals surface area contributed by atoms with Crippen LogP contribution in [0.4, 0.5) is 5.88 Å². The molecule has 22 heavy (non-hydrogen) atoms. The van der Waals surface area contributed by atoms with Crippen molar-refractivity contribution in [1.82, 2.24) is 0 Å². The third kappa shape index (κ3) is 3.16. The average molecular weight is 315 g/mol. The molecule has 1 aromatic carbocycles. The lowest BCUT2D eigenvalue weighted by molar-refractivity contribution is 0.120.